The lowest BCUT2D eigenvalue weighted by Gasteiger charge is -2.40. The Morgan fingerprint density at radius 2 is 1.61 bits per heavy atom. The summed E-state index contributed by atoms with van der Waals surface area (Å²) in [4.78, 5) is 26.9. The molecule has 3 heterocycles. The summed E-state index contributed by atoms with van der Waals surface area (Å²) >= 11 is 0. The van der Waals surface area contributed by atoms with Gasteiger partial charge in [-0.15, -0.1) is 0 Å². The highest BCUT2D eigenvalue weighted by Crippen LogP contribution is 2.26. The van der Waals surface area contributed by atoms with E-state index in [4.69, 9.17) is 0 Å². The monoisotopic (exact) mass is 447 g/mol. The second-order valence-corrected chi connectivity index (χ2v) is 9.97. The molecule has 1 N–H and O–H groups in total. The summed E-state index contributed by atoms with van der Waals surface area (Å²) < 4.78 is 0. The van der Waals surface area contributed by atoms with Crippen LogP contribution in [0.15, 0.2) is 36.7 Å². The molecule has 3 fully saturated rings. The fraction of sp³-hybridized carbons (Fsp3) is 0.593. The van der Waals surface area contributed by atoms with Gasteiger partial charge >= 0.3 is 0 Å². The van der Waals surface area contributed by atoms with Crippen molar-refractivity contribution < 1.29 is 4.79 Å². The van der Waals surface area contributed by atoms with E-state index in [9.17, 15) is 4.79 Å². The number of hydrogen-bond donors (Lipinski definition) is 1. The highest BCUT2D eigenvalue weighted by atomic mass is 16.2. The van der Waals surface area contributed by atoms with Crippen molar-refractivity contribution in [1.29, 1.82) is 0 Å². The SMILES string of the molecule is O=C(c1cccc(-c2cc(NC3CCCCC3)ncn2)c1)N1CCC(N2CCCCC2)CC1. The van der Waals surface area contributed by atoms with Crippen molar-refractivity contribution in [2.24, 2.45) is 0 Å². The van der Waals surface area contributed by atoms with Crippen molar-refractivity contribution in [3.63, 3.8) is 0 Å². The molecule has 6 nitrogen and oxygen atoms in total. The number of anilines is 1. The molecule has 0 atom stereocenters. The van der Waals surface area contributed by atoms with Crippen LogP contribution < -0.4 is 5.32 Å². The summed E-state index contributed by atoms with van der Waals surface area (Å²) in [5.74, 6) is 1.02. The summed E-state index contributed by atoms with van der Waals surface area (Å²) in [6.45, 7) is 4.18. The van der Waals surface area contributed by atoms with E-state index >= 15 is 0 Å². The van der Waals surface area contributed by atoms with E-state index in [0.717, 1.165) is 48.6 Å². The second-order valence-electron chi connectivity index (χ2n) is 9.97. The molecular weight excluding hydrogens is 410 g/mol. The molecule has 1 aromatic carbocycles. The normalized spacial score (nSPS) is 21.2. The Kier molecular flexibility index (Phi) is 7.20. The van der Waals surface area contributed by atoms with E-state index in [-0.39, 0.29) is 5.91 Å². The number of piperidine rings is 2. The van der Waals surface area contributed by atoms with Crippen molar-refractivity contribution in [1.82, 2.24) is 19.8 Å². The topological polar surface area (TPSA) is 61.4 Å². The fourth-order valence-corrected chi connectivity index (χ4v) is 5.76. The van der Waals surface area contributed by atoms with Crippen molar-refractivity contribution in [2.45, 2.75) is 76.3 Å². The highest BCUT2D eigenvalue weighted by molar-refractivity contribution is 5.95. The van der Waals surface area contributed by atoms with Crippen LogP contribution in [0.5, 0.6) is 0 Å². The van der Waals surface area contributed by atoms with Crippen LogP contribution in [0.25, 0.3) is 11.3 Å². The number of aromatic nitrogens is 2. The number of nitrogens with zero attached hydrogens (tertiary/aromatic N) is 4. The zero-order valence-electron chi connectivity index (χ0n) is 19.7. The predicted octanol–water partition coefficient (Wildman–Crippen LogP) is 4.98. The lowest BCUT2D eigenvalue weighted by molar-refractivity contribution is 0.0590. The van der Waals surface area contributed by atoms with Crippen molar-refractivity contribution in [3.8, 4) is 11.3 Å². The highest BCUT2D eigenvalue weighted by Gasteiger charge is 2.28. The molecule has 3 aliphatic rings. The number of rotatable bonds is 5. The number of nitrogens with one attached hydrogen (secondary N) is 1. The molecule has 33 heavy (non-hydrogen) atoms. The van der Waals surface area contributed by atoms with Crippen LogP contribution in [-0.2, 0) is 0 Å². The van der Waals surface area contributed by atoms with Gasteiger partial charge in [-0.05, 0) is 63.7 Å². The molecule has 176 valence electrons. The maximum absolute atomic E-state index is 13.3. The summed E-state index contributed by atoms with van der Waals surface area (Å²) in [7, 11) is 0. The molecule has 6 heteroatoms. The number of amides is 1. The van der Waals surface area contributed by atoms with E-state index in [1.165, 1.54) is 64.5 Å². The van der Waals surface area contributed by atoms with Gasteiger partial charge in [0.15, 0.2) is 0 Å². The van der Waals surface area contributed by atoms with Gasteiger partial charge in [0.05, 0.1) is 5.69 Å². The van der Waals surface area contributed by atoms with Crippen LogP contribution in [0.2, 0.25) is 0 Å². The van der Waals surface area contributed by atoms with Crippen LogP contribution >= 0.6 is 0 Å². The summed E-state index contributed by atoms with van der Waals surface area (Å²) in [6, 6.07) is 11.1. The third-order valence-corrected chi connectivity index (χ3v) is 7.69. The number of carbonyl (C=O) groups is 1. The first-order chi connectivity index (χ1) is 16.3. The Hall–Kier alpha value is -2.47. The van der Waals surface area contributed by atoms with Crippen LogP contribution in [0.4, 0.5) is 5.82 Å². The average molecular weight is 448 g/mol. The number of likely N-dealkylation sites (tertiary alicyclic amines) is 2. The van der Waals surface area contributed by atoms with Gasteiger partial charge in [0, 0.05) is 42.4 Å². The fourth-order valence-electron chi connectivity index (χ4n) is 5.76. The number of hydrogen-bond acceptors (Lipinski definition) is 5. The molecule has 1 aliphatic carbocycles. The van der Waals surface area contributed by atoms with Crippen molar-refractivity contribution >= 4 is 11.7 Å². The molecule has 0 spiro atoms. The molecule has 2 aliphatic heterocycles. The van der Waals surface area contributed by atoms with Crippen LogP contribution in [0.1, 0.15) is 74.6 Å². The average Bonchev–Trinajstić information content (AvgIpc) is 2.90. The molecule has 0 unspecified atom stereocenters. The van der Waals surface area contributed by atoms with Gasteiger partial charge in [-0.3, -0.25) is 4.79 Å². The van der Waals surface area contributed by atoms with Crippen LogP contribution in [0.3, 0.4) is 0 Å². The molecule has 1 aromatic heterocycles. The molecule has 2 aromatic rings. The van der Waals surface area contributed by atoms with E-state index in [1.807, 2.05) is 35.2 Å². The zero-order chi connectivity index (χ0) is 22.5. The van der Waals surface area contributed by atoms with Gasteiger partial charge in [0.25, 0.3) is 5.91 Å². The Balaban J connectivity index is 1.23. The zero-order valence-corrected chi connectivity index (χ0v) is 19.7. The minimum Gasteiger partial charge on any atom is -0.367 e. The summed E-state index contributed by atoms with van der Waals surface area (Å²) in [6.07, 6.45) is 14.2. The first-order valence-electron chi connectivity index (χ1n) is 13.0. The molecule has 2 saturated heterocycles. The maximum Gasteiger partial charge on any atom is 0.253 e. The smallest absolute Gasteiger partial charge is 0.253 e. The minimum absolute atomic E-state index is 0.142. The first-order valence-corrected chi connectivity index (χ1v) is 13.0. The van der Waals surface area contributed by atoms with Gasteiger partial charge in [0.2, 0.25) is 0 Å². The maximum atomic E-state index is 13.3. The van der Waals surface area contributed by atoms with E-state index in [1.54, 1.807) is 6.33 Å². The van der Waals surface area contributed by atoms with Gasteiger partial charge in [0.1, 0.15) is 12.1 Å². The summed E-state index contributed by atoms with van der Waals surface area (Å²) in [5, 5.41) is 3.58. The Bertz CT molecular complexity index is 928. The van der Waals surface area contributed by atoms with Crippen LogP contribution in [0, 0.1) is 0 Å². The summed E-state index contributed by atoms with van der Waals surface area (Å²) in [5.41, 5.74) is 2.59. The molecule has 5 rings (SSSR count). The molecular formula is C27H37N5O. The third-order valence-electron chi connectivity index (χ3n) is 7.69. The lowest BCUT2D eigenvalue weighted by Crippen LogP contribution is -2.48. The van der Waals surface area contributed by atoms with Crippen molar-refractivity contribution in [2.75, 3.05) is 31.5 Å². The molecule has 1 amide bonds. The Morgan fingerprint density at radius 1 is 0.848 bits per heavy atom. The third kappa shape index (κ3) is 5.55. The standard InChI is InChI=1S/C27H37N5O/c33-27(32-16-12-24(13-17-32)31-14-5-2-6-15-31)22-9-7-8-21(18-22)25-19-26(29-20-28-25)30-23-10-3-1-4-11-23/h7-9,18-20,23-24H,1-6,10-17H2,(H,28,29,30). The van der Waals surface area contributed by atoms with Gasteiger partial charge < -0.3 is 15.1 Å². The minimum atomic E-state index is 0.142. The van der Waals surface area contributed by atoms with Gasteiger partial charge in [-0.1, -0.05) is 37.8 Å². The number of carbonyl (C=O) groups excluding carboxylic acids is 1. The van der Waals surface area contributed by atoms with Crippen LogP contribution in [-0.4, -0.2) is 63.9 Å². The first kappa shape index (κ1) is 22.3. The van der Waals surface area contributed by atoms with Crippen molar-refractivity contribution in [3.05, 3.63) is 42.2 Å². The number of benzene rings is 1. The predicted molar refractivity (Wildman–Crippen MR) is 132 cm³/mol. The van der Waals surface area contributed by atoms with Gasteiger partial charge in [-0.2, -0.15) is 0 Å². The quantitative estimate of drug-likeness (QED) is 0.701. The molecule has 0 radical (unpaired) electrons. The Morgan fingerprint density at radius 3 is 2.39 bits per heavy atom. The lowest BCUT2D eigenvalue weighted by atomic mass is 9.95. The Labute approximate surface area is 197 Å². The van der Waals surface area contributed by atoms with Gasteiger partial charge in [-0.25, -0.2) is 9.97 Å². The largest absolute Gasteiger partial charge is 0.367 e. The molecule has 0 bridgehead atoms. The molecule has 1 saturated carbocycles. The van der Waals surface area contributed by atoms with E-state index in [2.05, 4.69) is 20.2 Å². The second kappa shape index (κ2) is 10.6. The van der Waals surface area contributed by atoms with E-state index < -0.39 is 0 Å². The van der Waals surface area contributed by atoms with E-state index in [0.29, 0.717) is 12.1 Å².